The van der Waals surface area contributed by atoms with Crippen molar-refractivity contribution in [3.05, 3.63) is 83.3 Å². The first-order chi connectivity index (χ1) is 15.0. The monoisotopic (exact) mass is 439 g/mol. The lowest BCUT2D eigenvalue weighted by Gasteiger charge is -2.10. The van der Waals surface area contributed by atoms with Gasteiger partial charge in [-0.15, -0.1) is 11.8 Å². The Bertz CT molecular complexity index is 1070. The molecule has 0 unspecified atom stereocenters. The minimum atomic E-state index is -0.589. The van der Waals surface area contributed by atoms with Gasteiger partial charge in [0.1, 0.15) is 5.56 Å². The van der Waals surface area contributed by atoms with E-state index in [1.54, 1.807) is 24.3 Å². The topological polar surface area (TPSA) is 94.8 Å². The molecule has 31 heavy (non-hydrogen) atoms. The number of thioether (sulfide) groups is 1. The van der Waals surface area contributed by atoms with Crippen molar-refractivity contribution in [3.8, 4) is 0 Å². The zero-order valence-corrected chi connectivity index (χ0v) is 17.9. The molecule has 0 spiro atoms. The van der Waals surface area contributed by atoms with Crippen molar-refractivity contribution in [1.29, 1.82) is 0 Å². The summed E-state index contributed by atoms with van der Waals surface area (Å²) >= 11 is 1.23. The van der Waals surface area contributed by atoms with Crippen LogP contribution in [-0.2, 0) is 20.9 Å². The molecule has 3 aromatic rings. The Morgan fingerprint density at radius 2 is 1.71 bits per heavy atom. The molecule has 1 aromatic heterocycles. The Morgan fingerprint density at radius 3 is 2.45 bits per heavy atom. The Morgan fingerprint density at radius 1 is 0.968 bits per heavy atom. The highest BCUT2D eigenvalue weighted by Crippen LogP contribution is 2.24. The van der Waals surface area contributed by atoms with Crippen LogP contribution in [0.25, 0.3) is 0 Å². The number of ether oxygens (including phenoxy) is 2. The van der Waals surface area contributed by atoms with Crippen LogP contribution in [0.1, 0.15) is 32.0 Å². The van der Waals surface area contributed by atoms with Crippen molar-refractivity contribution < 1.29 is 28.3 Å². The first-order valence-electron chi connectivity index (χ1n) is 9.38. The number of anilines is 1. The number of aryl methyl sites for hydroxylation is 1. The predicted octanol–water partition coefficient (Wildman–Crippen LogP) is 4.46. The highest BCUT2D eigenvalue weighted by Gasteiger charge is 2.19. The van der Waals surface area contributed by atoms with Crippen molar-refractivity contribution in [2.24, 2.45) is 0 Å². The van der Waals surface area contributed by atoms with Crippen LogP contribution in [0.2, 0.25) is 0 Å². The molecule has 0 bridgehead atoms. The number of nitrogens with one attached hydrogen (secondary N) is 1. The van der Waals surface area contributed by atoms with E-state index in [-0.39, 0.29) is 29.6 Å². The number of furan rings is 1. The third-order valence-corrected chi connectivity index (χ3v) is 5.36. The maximum absolute atomic E-state index is 12.6. The van der Waals surface area contributed by atoms with Crippen LogP contribution in [0, 0.1) is 6.92 Å². The summed E-state index contributed by atoms with van der Waals surface area (Å²) in [4.78, 5) is 37.2. The first-order valence-corrected chi connectivity index (χ1v) is 10.4. The summed E-state index contributed by atoms with van der Waals surface area (Å²) in [6.07, 6.45) is 1.33. The Labute approximate surface area is 183 Å². The molecule has 7 nitrogen and oxygen atoms in total. The Balaban J connectivity index is 1.60. The van der Waals surface area contributed by atoms with E-state index >= 15 is 0 Å². The number of carbonyl (C=O) groups is 3. The van der Waals surface area contributed by atoms with Gasteiger partial charge in [-0.2, -0.15) is 0 Å². The molecule has 0 saturated heterocycles. The van der Waals surface area contributed by atoms with E-state index in [1.165, 1.54) is 31.2 Å². The molecule has 0 saturated carbocycles. The third kappa shape index (κ3) is 5.99. The van der Waals surface area contributed by atoms with E-state index in [1.807, 2.05) is 31.2 Å². The van der Waals surface area contributed by atoms with E-state index in [0.717, 1.165) is 5.56 Å². The maximum atomic E-state index is 12.6. The van der Waals surface area contributed by atoms with Crippen molar-refractivity contribution in [2.75, 3.05) is 18.2 Å². The first kappa shape index (κ1) is 22.2. The van der Waals surface area contributed by atoms with Crippen LogP contribution in [-0.4, -0.2) is 30.7 Å². The SMILES string of the molecule is COC(=O)c1ccoc1COC(=O)c1ccccc1SCC(=O)Nc1ccc(C)cc1. The summed E-state index contributed by atoms with van der Waals surface area (Å²) in [5.74, 6) is -1.02. The summed E-state index contributed by atoms with van der Waals surface area (Å²) in [5.41, 5.74) is 2.34. The van der Waals surface area contributed by atoms with Crippen molar-refractivity contribution in [3.63, 3.8) is 0 Å². The van der Waals surface area contributed by atoms with Crippen LogP contribution in [0.5, 0.6) is 0 Å². The van der Waals surface area contributed by atoms with Gasteiger partial charge >= 0.3 is 11.9 Å². The van der Waals surface area contributed by atoms with Crippen LogP contribution in [0.15, 0.2) is 70.2 Å². The molecule has 0 aliphatic rings. The van der Waals surface area contributed by atoms with Gasteiger partial charge in [-0.25, -0.2) is 9.59 Å². The molecule has 160 valence electrons. The summed E-state index contributed by atoms with van der Waals surface area (Å²) < 4.78 is 15.2. The largest absolute Gasteiger partial charge is 0.465 e. The van der Waals surface area contributed by atoms with Gasteiger partial charge in [-0.1, -0.05) is 29.8 Å². The van der Waals surface area contributed by atoms with Gasteiger partial charge < -0.3 is 19.2 Å². The van der Waals surface area contributed by atoms with Crippen molar-refractivity contribution in [2.45, 2.75) is 18.4 Å². The number of methoxy groups -OCH3 is 1. The molecular weight excluding hydrogens is 418 g/mol. The molecule has 0 aliphatic carbocycles. The Kier molecular flexibility index (Phi) is 7.50. The summed E-state index contributed by atoms with van der Waals surface area (Å²) in [6, 6.07) is 15.8. The fourth-order valence-corrected chi connectivity index (χ4v) is 3.53. The van der Waals surface area contributed by atoms with Crippen molar-refractivity contribution in [1.82, 2.24) is 0 Å². The van der Waals surface area contributed by atoms with Crippen LogP contribution in [0.3, 0.4) is 0 Å². The molecule has 0 fully saturated rings. The minimum Gasteiger partial charge on any atom is -0.465 e. The van der Waals surface area contributed by atoms with E-state index in [9.17, 15) is 14.4 Å². The van der Waals surface area contributed by atoms with Crippen molar-refractivity contribution >= 4 is 35.3 Å². The van der Waals surface area contributed by atoms with Gasteiger partial charge in [-0.3, -0.25) is 4.79 Å². The number of hydrogen-bond donors (Lipinski definition) is 1. The summed E-state index contributed by atoms with van der Waals surface area (Å²) in [7, 11) is 1.26. The molecule has 3 rings (SSSR count). The maximum Gasteiger partial charge on any atom is 0.341 e. The second-order valence-corrected chi connectivity index (χ2v) is 7.54. The lowest BCUT2D eigenvalue weighted by atomic mass is 10.2. The number of rotatable bonds is 8. The highest BCUT2D eigenvalue weighted by atomic mass is 32.2. The van der Waals surface area contributed by atoms with Gasteiger partial charge in [-0.05, 0) is 37.3 Å². The number of benzene rings is 2. The smallest absolute Gasteiger partial charge is 0.341 e. The van der Waals surface area contributed by atoms with Gasteiger partial charge in [0.05, 0.1) is 24.7 Å². The van der Waals surface area contributed by atoms with Gasteiger partial charge in [0.2, 0.25) is 5.91 Å². The second-order valence-electron chi connectivity index (χ2n) is 6.52. The van der Waals surface area contributed by atoms with Crippen LogP contribution in [0.4, 0.5) is 5.69 Å². The number of esters is 2. The molecule has 0 atom stereocenters. The van der Waals surface area contributed by atoms with E-state index in [0.29, 0.717) is 16.1 Å². The highest BCUT2D eigenvalue weighted by molar-refractivity contribution is 8.00. The summed E-state index contributed by atoms with van der Waals surface area (Å²) in [6.45, 7) is 1.75. The summed E-state index contributed by atoms with van der Waals surface area (Å²) in [5, 5.41) is 2.82. The average Bonchev–Trinajstić information content (AvgIpc) is 3.26. The Hall–Kier alpha value is -3.52. The van der Waals surface area contributed by atoms with Crippen LogP contribution < -0.4 is 5.32 Å². The van der Waals surface area contributed by atoms with E-state index in [4.69, 9.17) is 9.15 Å². The fraction of sp³-hybridized carbons (Fsp3) is 0.174. The van der Waals surface area contributed by atoms with Crippen LogP contribution >= 0.6 is 11.8 Å². The molecule has 1 N–H and O–H groups in total. The molecule has 8 heteroatoms. The lowest BCUT2D eigenvalue weighted by Crippen LogP contribution is -2.14. The standard InChI is InChI=1S/C23H21NO6S/c1-15-7-9-16(10-8-15)24-21(25)14-31-20-6-4-3-5-18(20)23(27)30-13-19-17(11-12-29-19)22(26)28-2/h3-12H,13-14H2,1-2H3,(H,24,25). The quantitative estimate of drug-likeness (QED) is 0.409. The normalized spacial score (nSPS) is 10.4. The molecule has 0 radical (unpaired) electrons. The zero-order chi connectivity index (χ0) is 22.2. The van der Waals surface area contributed by atoms with E-state index in [2.05, 4.69) is 10.1 Å². The second kappa shape index (κ2) is 10.5. The third-order valence-electron chi connectivity index (χ3n) is 4.29. The van der Waals surface area contributed by atoms with Gasteiger partial charge in [0.25, 0.3) is 0 Å². The molecule has 1 amide bonds. The van der Waals surface area contributed by atoms with E-state index < -0.39 is 11.9 Å². The fourth-order valence-electron chi connectivity index (χ4n) is 2.69. The van der Waals surface area contributed by atoms with Gasteiger partial charge in [0.15, 0.2) is 12.4 Å². The lowest BCUT2D eigenvalue weighted by molar-refractivity contribution is -0.113. The number of carbonyl (C=O) groups excluding carboxylic acids is 3. The average molecular weight is 439 g/mol. The molecule has 0 aliphatic heterocycles. The zero-order valence-electron chi connectivity index (χ0n) is 17.0. The molecular formula is C23H21NO6S. The van der Waals surface area contributed by atoms with Gasteiger partial charge in [0, 0.05) is 10.6 Å². The number of amides is 1. The number of hydrogen-bond acceptors (Lipinski definition) is 7. The minimum absolute atomic E-state index is 0.128. The predicted molar refractivity (Wildman–Crippen MR) is 116 cm³/mol. The molecule has 1 heterocycles. The molecule has 2 aromatic carbocycles.